The molecule has 1 saturated heterocycles. The van der Waals surface area contributed by atoms with Crippen LogP contribution >= 0.6 is 0 Å². The van der Waals surface area contributed by atoms with Gasteiger partial charge in [0.15, 0.2) is 0 Å². The summed E-state index contributed by atoms with van der Waals surface area (Å²) in [7, 11) is 1.67. The molecule has 0 saturated carbocycles. The number of carbonyl (C=O) groups excluding carboxylic acids is 1. The number of hydrogen-bond acceptors (Lipinski definition) is 3. The molecule has 1 aliphatic heterocycles. The van der Waals surface area contributed by atoms with Gasteiger partial charge in [-0.25, -0.2) is 0 Å². The zero-order valence-electron chi connectivity index (χ0n) is 13.4. The number of rotatable bonds is 4. The van der Waals surface area contributed by atoms with Crippen LogP contribution in [0.25, 0.3) is 0 Å². The molecule has 1 heterocycles. The lowest BCUT2D eigenvalue weighted by atomic mass is 9.81. The summed E-state index contributed by atoms with van der Waals surface area (Å²) in [5.41, 5.74) is 0.947. The molecule has 0 aromatic heterocycles. The second kappa shape index (κ2) is 6.48. The number of benzene rings is 1. The molecule has 1 aromatic rings. The molecule has 0 unspecified atom stereocenters. The van der Waals surface area contributed by atoms with Gasteiger partial charge in [0.1, 0.15) is 5.75 Å². The molecule has 4 nitrogen and oxygen atoms in total. The molecule has 21 heavy (non-hydrogen) atoms. The van der Waals surface area contributed by atoms with E-state index < -0.39 is 0 Å². The van der Waals surface area contributed by atoms with Gasteiger partial charge in [-0.05, 0) is 24.4 Å². The zero-order chi connectivity index (χ0) is 15.5. The molecular formula is C17H26N2O2. The van der Waals surface area contributed by atoms with Crippen molar-refractivity contribution in [2.45, 2.75) is 33.2 Å². The van der Waals surface area contributed by atoms with E-state index >= 15 is 0 Å². The van der Waals surface area contributed by atoms with Gasteiger partial charge in [0.2, 0.25) is 5.91 Å². The number of carbonyl (C=O) groups is 1. The summed E-state index contributed by atoms with van der Waals surface area (Å²) in [6.45, 7) is 8.10. The minimum Gasteiger partial charge on any atom is -0.496 e. The molecule has 1 aromatic carbocycles. The van der Waals surface area contributed by atoms with Crippen molar-refractivity contribution < 1.29 is 9.53 Å². The minimum atomic E-state index is -0.0870. The average molecular weight is 290 g/mol. The lowest BCUT2D eigenvalue weighted by Gasteiger charge is -2.33. The van der Waals surface area contributed by atoms with E-state index in [9.17, 15) is 4.79 Å². The predicted octanol–water partition coefficient (Wildman–Crippen LogP) is 2.51. The summed E-state index contributed by atoms with van der Waals surface area (Å²) >= 11 is 0. The van der Waals surface area contributed by atoms with Crippen LogP contribution in [0.3, 0.4) is 0 Å². The van der Waals surface area contributed by atoms with E-state index in [4.69, 9.17) is 4.74 Å². The summed E-state index contributed by atoms with van der Waals surface area (Å²) < 4.78 is 5.46. The highest BCUT2D eigenvalue weighted by Crippen LogP contribution is 2.37. The Kier molecular flexibility index (Phi) is 4.88. The molecule has 2 atom stereocenters. The Hall–Kier alpha value is -1.55. The van der Waals surface area contributed by atoms with Crippen molar-refractivity contribution in [1.82, 2.24) is 10.6 Å². The van der Waals surface area contributed by atoms with E-state index in [1.807, 2.05) is 24.3 Å². The topological polar surface area (TPSA) is 50.4 Å². The Morgan fingerprint density at radius 2 is 2.10 bits per heavy atom. The first-order valence-electron chi connectivity index (χ1n) is 7.57. The quantitative estimate of drug-likeness (QED) is 0.896. The van der Waals surface area contributed by atoms with Crippen LogP contribution < -0.4 is 15.4 Å². The minimum absolute atomic E-state index is 0.0678. The van der Waals surface area contributed by atoms with Crippen LogP contribution in [0.1, 0.15) is 38.8 Å². The van der Waals surface area contributed by atoms with E-state index in [1.54, 1.807) is 7.11 Å². The monoisotopic (exact) mass is 290 g/mol. The molecular weight excluding hydrogens is 264 g/mol. The Bertz CT molecular complexity index is 488. The van der Waals surface area contributed by atoms with Crippen LogP contribution in [0.15, 0.2) is 24.3 Å². The molecule has 0 aliphatic carbocycles. The molecule has 2 N–H and O–H groups in total. The van der Waals surface area contributed by atoms with Crippen molar-refractivity contribution in [3.63, 3.8) is 0 Å². The van der Waals surface area contributed by atoms with Crippen LogP contribution in [-0.4, -0.2) is 26.1 Å². The van der Waals surface area contributed by atoms with Gasteiger partial charge in [0.25, 0.3) is 0 Å². The third kappa shape index (κ3) is 3.76. The molecule has 1 amide bonds. The number of nitrogens with one attached hydrogen (secondary N) is 2. The van der Waals surface area contributed by atoms with E-state index in [-0.39, 0.29) is 23.3 Å². The Morgan fingerprint density at radius 3 is 2.67 bits per heavy atom. The van der Waals surface area contributed by atoms with Gasteiger partial charge in [-0.1, -0.05) is 39.0 Å². The van der Waals surface area contributed by atoms with Crippen molar-refractivity contribution >= 4 is 5.91 Å². The first-order valence-corrected chi connectivity index (χ1v) is 7.57. The van der Waals surface area contributed by atoms with Crippen molar-refractivity contribution in [2.24, 2.45) is 11.3 Å². The van der Waals surface area contributed by atoms with Gasteiger partial charge >= 0.3 is 0 Å². The third-order valence-electron chi connectivity index (χ3n) is 4.03. The standard InChI is InChI=1S/C17H26N2O2/c1-17(2,3)15(13-7-5-6-8-14(13)21-4)19-16(20)12-9-10-18-11-12/h5-8,12,15,18H,9-11H2,1-4H3,(H,19,20)/t12-,15-/m0/s1. The fraction of sp³-hybridized carbons (Fsp3) is 0.588. The highest BCUT2D eigenvalue weighted by atomic mass is 16.5. The smallest absolute Gasteiger partial charge is 0.224 e. The molecule has 116 valence electrons. The maximum absolute atomic E-state index is 12.5. The average Bonchev–Trinajstić information content (AvgIpc) is 2.97. The second-order valence-electron chi connectivity index (χ2n) is 6.74. The Balaban J connectivity index is 2.24. The number of amides is 1. The highest BCUT2D eigenvalue weighted by Gasteiger charge is 2.32. The van der Waals surface area contributed by atoms with Gasteiger partial charge in [-0.15, -0.1) is 0 Å². The van der Waals surface area contributed by atoms with Crippen molar-refractivity contribution in [3.8, 4) is 5.75 Å². The van der Waals surface area contributed by atoms with Crippen molar-refractivity contribution in [1.29, 1.82) is 0 Å². The van der Waals surface area contributed by atoms with E-state index in [1.165, 1.54) is 0 Å². The molecule has 0 bridgehead atoms. The number of para-hydroxylation sites is 1. The molecule has 0 radical (unpaired) electrons. The highest BCUT2D eigenvalue weighted by molar-refractivity contribution is 5.80. The van der Waals surface area contributed by atoms with Gasteiger partial charge in [-0.3, -0.25) is 4.79 Å². The maximum atomic E-state index is 12.5. The van der Waals surface area contributed by atoms with E-state index in [2.05, 4.69) is 31.4 Å². The second-order valence-corrected chi connectivity index (χ2v) is 6.74. The largest absolute Gasteiger partial charge is 0.496 e. The lowest BCUT2D eigenvalue weighted by molar-refractivity contribution is -0.126. The van der Waals surface area contributed by atoms with Gasteiger partial charge in [0.05, 0.1) is 19.1 Å². The Labute approximate surface area is 127 Å². The fourth-order valence-electron chi connectivity index (χ4n) is 2.80. The summed E-state index contributed by atoms with van der Waals surface area (Å²) in [5, 5.41) is 6.47. The molecule has 2 rings (SSSR count). The summed E-state index contributed by atoms with van der Waals surface area (Å²) in [4.78, 5) is 12.5. The fourth-order valence-corrected chi connectivity index (χ4v) is 2.80. The van der Waals surface area contributed by atoms with Crippen molar-refractivity contribution in [2.75, 3.05) is 20.2 Å². The van der Waals surface area contributed by atoms with Crippen LogP contribution in [0.5, 0.6) is 5.75 Å². The summed E-state index contributed by atoms with van der Waals surface area (Å²) in [5.74, 6) is 1.03. The first-order chi connectivity index (χ1) is 9.93. The third-order valence-corrected chi connectivity index (χ3v) is 4.03. The van der Waals surface area contributed by atoms with Crippen LogP contribution in [0.2, 0.25) is 0 Å². The number of methoxy groups -OCH3 is 1. The van der Waals surface area contributed by atoms with Gasteiger partial charge in [-0.2, -0.15) is 0 Å². The van der Waals surface area contributed by atoms with Gasteiger partial charge < -0.3 is 15.4 Å². The first kappa shape index (κ1) is 15.8. The molecule has 0 spiro atoms. The van der Waals surface area contributed by atoms with E-state index in [0.717, 1.165) is 30.8 Å². The number of ether oxygens (including phenoxy) is 1. The van der Waals surface area contributed by atoms with Crippen LogP contribution in [-0.2, 0) is 4.79 Å². The number of hydrogen-bond donors (Lipinski definition) is 2. The summed E-state index contributed by atoms with van der Waals surface area (Å²) in [6.07, 6.45) is 0.911. The SMILES string of the molecule is COc1ccccc1[C@H](NC(=O)[C@H]1CCNC1)C(C)(C)C. The summed E-state index contributed by atoms with van der Waals surface area (Å²) in [6, 6.07) is 7.84. The van der Waals surface area contributed by atoms with Crippen LogP contribution in [0.4, 0.5) is 0 Å². The molecule has 1 aliphatic rings. The zero-order valence-corrected chi connectivity index (χ0v) is 13.4. The molecule has 1 fully saturated rings. The van der Waals surface area contributed by atoms with Crippen molar-refractivity contribution in [3.05, 3.63) is 29.8 Å². The van der Waals surface area contributed by atoms with Gasteiger partial charge in [0, 0.05) is 12.1 Å². The van der Waals surface area contributed by atoms with E-state index in [0.29, 0.717) is 0 Å². The normalized spacial score (nSPS) is 20.1. The maximum Gasteiger partial charge on any atom is 0.224 e. The lowest BCUT2D eigenvalue weighted by Crippen LogP contribution is -2.40. The van der Waals surface area contributed by atoms with Crippen LogP contribution in [0, 0.1) is 11.3 Å². The Morgan fingerprint density at radius 1 is 1.38 bits per heavy atom. The predicted molar refractivity (Wildman–Crippen MR) is 84.3 cm³/mol. The molecule has 4 heteroatoms.